The van der Waals surface area contributed by atoms with Crippen molar-refractivity contribution in [3.8, 4) is 0 Å². The number of hydrogen-bond acceptors (Lipinski definition) is 6. The number of halogens is 3. The first-order valence-corrected chi connectivity index (χ1v) is 11.7. The van der Waals surface area contributed by atoms with Crippen molar-refractivity contribution < 1.29 is 42.1 Å². The van der Waals surface area contributed by atoms with Crippen LogP contribution < -0.4 is 5.73 Å². The summed E-state index contributed by atoms with van der Waals surface area (Å²) < 4.78 is 41.9. The minimum atomic E-state index is -5.08. The number of alkyl halides is 3. The Kier molecular flexibility index (Phi) is 15.6. The van der Waals surface area contributed by atoms with Crippen molar-refractivity contribution in [2.45, 2.75) is 90.3 Å². The van der Waals surface area contributed by atoms with E-state index in [9.17, 15) is 22.8 Å². The molecule has 0 aliphatic heterocycles. The van der Waals surface area contributed by atoms with Gasteiger partial charge in [-0.3, -0.25) is 9.59 Å². The van der Waals surface area contributed by atoms with Gasteiger partial charge in [0.1, 0.15) is 13.2 Å². The molecular weight excluding hydrogens is 467 g/mol. The van der Waals surface area contributed by atoms with E-state index in [1.807, 2.05) is 0 Å². The Morgan fingerprint density at radius 3 is 1.63 bits per heavy atom. The Morgan fingerprint density at radius 2 is 1.23 bits per heavy atom. The fourth-order valence-electron chi connectivity index (χ4n) is 3.05. The summed E-state index contributed by atoms with van der Waals surface area (Å²) in [5.74, 6) is -3.54. The maximum absolute atomic E-state index is 11.1. The van der Waals surface area contributed by atoms with Crippen LogP contribution in [-0.4, -0.2) is 47.9 Å². The summed E-state index contributed by atoms with van der Waals surface area (Å²) in [5, 5.41) is 7.12. The number of esters is 2. The van der Waals surface area contributed by atoms with Crippen LogP contribution in [0.5, 0.6) is 0 Å². The molecule has 3 N–H and O–H groups in total. The van der Waals surface area contributed by atoms with Gasteiger partial charge in [0.25, 0.3) is 0 Å². The van der Waals surface area contributed by atoms with Crippen LogP contribution >= 0.6 is 0 Å². The third kappa shape index (κ3) is 17.5. The van der Waals surface area contributed by atoms with E-state index in [2.05, 4.69) is 31.2 Å². The molecule has 0 aliphatic carbocycles. The summed E-state index contributed by atoms with van der Waals surface area (Å²) >= 11 is 0. The lowest BCUT2D eigenvalue weighted by Crippen LogP contribution is -2.50. The molecular formula is C25H38F3NO6. The van der Waals surface area contributed by atoms with E-state index in [1.54, 1.807) is 0 Å². The lowest BCUT2D eigenvalue weighted by Gasteiger charge is -2.28. The van der Waals surface area contributed by atoms with Crippen LogP contribution in [0.4, 0.5) is 13.2 Å². The number of carbonyl (C=O) groups excluding carboxylic acids is 2. The molecule has 0 unspecified atom stereocenters. The maximum atomic E-state index is 11.1. The third-order valence-electron chi connectivity index (χ3n) is 5.12. The lowest BCUT2D eigenvalue weighted by atomic mass is 9.93. The quantitative estimate of drug-likeness (QED) is 0.271. The standard InChI is InChI=1S/C23H37NO4.C2HF3O2/c1-4-5-6-7-8-9-10-21-11-13-22(14-12-21)15-16-23(24,17-27-19(2)25)18-28-20(3)26;3-2(4,5)1(6)7/h11-14H,4-10,15-18,24H2,1-3H3;(H,6,7). The highest BCUT2D eigenvalue weighted by molar-refractivity contribution is 5.73. The molecule has 0 aromatic heterocycles. The number of ether oxygens (including phenoxy) is 2. The molecule has 0 atom stereocenters. The Balaban J connectivity index is 0.00000143. The molecule has 0 heterocycles. The van der Waals surface area contributed by atoms with Gasteiger partial charge in [-0.2, -0.15) is 13.2 Å². The van der Waals surface area contributed by atoms with Crippen molar-refractivity contribution >= 4 is 17.9 Å². The second-order valence-electron chi connectivity index (χ2n) is 8.56. The first-order valence-electron chi connectivity index (χ1n) is 11.7. The summed E-state index contributed by atoms with van der Waals surface area (Å²) in [7, 11) is 0. The molecule has 35 heavy (non-hydrogen) atoms. The Bertz CT molecular complexity index is 747. The number of carboxylic acid groups (broad SMARTS) is 1. The molecule has 1 aromatic carbocycles. The number of unbranched alkanes of at least 4 members (excludes halogenated alkanes) is 5. The van der Waals surface area contributed by atoms with Crippen LogP contribution in [-0.2, 0) is 36.7 Å². The lowest BCUT2D eigenvalue weighted by molar-refractivity contribution is -0.192. The number of carbonyl (C=O) groups is 3. The first-order chi connectivity index (χ1) is 16.3. The molecule has 0 amide bonds. The molecule has 0 bridgehead atoms. The van der Waals surface area contributed by atoms with Crippen LogP contribution in [0.3, 0.4) is 0 Å². The van der Waals surface area contributed by atoms with E-state index in [1.165, 1.54) is 63.5 Å². The van der Waals surface area contributed by atoms with Crippen molar-refractivity contribution in [1.29, 1.82) is 0 Å². The monoisotopic (exact) mass is 505 g/mol. The third-order valence-corrected chi connectivity index (χ3v) is 5.12. The fraction of sp³-hybridized carbons (Fsp3) is 0.640. The van der Waals surface area contributed by atoms with E-state index in [0.29, 0.717) is 6.42 Å². The van der Waals surface area contributed by atoms with Gasteiger partial charge in [0.05, 0.1) is 5.54 Å². The fourth-order valence-corrected chi connectivity index (χ4v) is 3.05. The van der Waals surface area contributed by atoms with Gasteiger partial charge in [-0.25, -0.2) is 4.79 Å². The normalized spacial score (nSPS) is 11.3. The van der Waals surface area contributed by atoms with Crippen molar-refractivity contribution in [1.82, 2.24) is 0 Å². The Hall–Kier alpha value is -2.62. The van der Waals surface area contributed by atoms with E-state index >= 15 is 0 Å². The van der Waals surface area contributed by atoms with Gasteiger partial charge in [-0.1, -0.05) is 63.3 Å². The number of aliphatic carboxylic acids is 1. The number of benzene rings is 1. The second kappa shape index (κ2) is 16.9. The van der Waals surface area contributed by atoms with Crippen LogP contribution in [0.1, 0.15) is 76.8 Å². The molecule has 10 heteroatoms. The van der Waals surface area contributed by atoms with E-state index < -0.39 is 29.6 Å². The van der Waals surface area contributed by atoms with Gasteiger partial charge in [0.15, 0.2) is 0 Å². The number of nitrogens with two attached hydrogens (primary N) is 1. The molecule has 0 spiro atoms. The van der Waals surface area contributed by atoms with E-state index in [4.69, 9.17) is 25.1 Å². The van der Waals surface area contributed by atoms with E-state index in [0.717, 1.165) is 12.8 Å². The predicted octanol–water partition coefficient (Wildman–Crippen LogP) is 4.98. The van der Waals surface area contributed by atoms with Crippen molar-refractivity contribution in [3.05, 3.63) is 35.4 Å². The minimum Gasteiger partial charge on any atom is -0.475 e. The number of aryl methyl sites for hydroxylation is 2. The molecule has 0 radical (unpaired) electrons. The summed E-state index contributed by atoms with van der Waals surface area (Å²) in [6.07, 6.45) is 5.15. The largest absolute Gasteiger partial charge is 0.490 e. The highest BCUT2D eigenvalue weighted by Gasteiger charge is 2.38. The molecule has 7 nitrogen and oxygen atoms in total. The highest BCUT2D eigenvalue weighted by Crippen LogP contribution is 2.17. The predicted molar refractivity (Wildman–Crippen MR) is 126 cm³/mol. The highest BCUT2D eigenvalue weighted by atomic mass is 19.4. The molecule has 200 valence electrons. The van der Waals surface area contributed by atoms with Crippen molar-refractivity contribution in [3.63, 3.8) is 0 Å². The SMILES string of the molecule is CCCCCCCCc1ccc(CCC(N)(COC(C)=O)COC(C)=O)cc1.O=C(O)C(F)(F)F. The molecule has 0 saturated carbocycles. The molecule has 1 aromatic rings. The molecule has 0 fully saturated rings. The Morgan fingerprint density at radius 1 is 0.829 bits per heavy atom. The van der Waals surface area contributed by atoms with Gasteiger partial charge < -0.3 is 20.3 Å². The van der Waals surface area contributed by atoms with Crippen LogP contribution in [0.2, 0.25) is 0 Å². The van der Waals surface area contributed by atoms with Gasteiger partial charge >= 0.3 is 24.1 Å². The average molecular weight is 506 g/mol. The summed E-state index contributed by atoms with van der Waals surface area (Å²) in [6, 6.07) is 8.62. The number of rotatable bonds is 14. The van der Waals surface area contributed by atoms with Crippen LogP contribution in [0.25, 0.3) is 0 Å². The van der Waals surface area contributed by atoms with Gasteiger partial charge in [0.2, 0.25) is 0 Å². The molecule has 1 rings (SSSR count). The zero-order valence-electron chi connectivity index (χ0n) is 20.8. The number of hydrogen-bond donors (Lipinski definition) is 2. The molecule has 0 saturated heterocycles. The van der Waals surface area contributed by atoms with Crippen LogP contribution in [0.15, 0.2) is 24.3 Å². The van der Waals surface area contributed by atoms with Gasteiger partial charge in [-0.05, 0) is 36.8 Å². The summed E-state index contributed by atoms with van der Waals surface area (Å²) in [6.45, 7) is 4.99. The smallest absolute Gasteiger partial charge is 0.475 e. The maximum Gasteiger partial charge on any atom is 0.490 e. The minimum absolute atomic E-state index is 0.0335. The van der Waals surface area contributed by atoms with E-state index in [-0.39, 0.29) is 13.2 Å². The second-order valence-corrected chi connectivity index (χ2v) is 8.56. The Labute approximate surface area is 205 Å². The topological polar surface area (TPSA) is 116 Å². The summed E-state index contributed by atoms with van der Waals surface area (Å²) in [5.41, 5.74) is 7.99. The zero-order chi connectivity index (χ0) is 26.9. The summed E-state index contributed by atoms with van der Waals surface area (Å²) in [4.78, 5) is 31.1. The van der Waals surface area contributed by atoms with Crippen molar-refractivity contribution in [2.24, 2.45) is 5.73 Å². The zero-order valence-corrected chi connectivity index (χ0v) is 20.8. The number of carboxylic acids is 1. The molecule has 0 aliphatic rings. The van der Waals surface area contributed by atoms with Crippen LogP contribution in [0, 0.1) is 0 Å². The van der Waals surface area contributed by atoms with Gasteiger partial charge in [0, 0.05) is 13.8 Å². The van der Waals surface area contributed by atoms with Crippen molar-refractivity contribution in [2.75, 3.05) is 13.2 Å². The first kappa shape index (κ1) is 32.4. The average Bonchev–Trinajstić information content (AvgIpc) is 2.78. The van der Waals surface area contributed by atoms with Gasteiger partial charge in [-0.15, -0.1) is 0 Å².